The molecule has 5 nitrogen and oxygen atoms in total. The fourth-order valence-electron chi connectivity index (χ4n) is 2.19. The molecule has 0 aliphatic carbocycles. The maximum Gasteiger partial charge on any atom is 0.345 e. The zero-order valence-electron chi connectivity index (χ0n) is 14.0. The van der Waals surface area contributed by atoms with Gasteiger partial charge in [0.2, 0.25) is 0 Å². The smallest absolute Gasteiger partial charge is 0.345 e. The third-order valence-electron chi connectivity index (χ3n) is 3.47. The molecule has 1 aromatic carbocycles. The number of halogens is 1. The molecule has 0 unspecified atom stereocenters. The van der Waals surface area contributed by atoms with E-state index in [2.05, 4.69) is 0 Å². The highest BCUT2D eigenvalue weighted by Gasteiger charge is 2.20. The van der Waals surface area contributed by atoms with Crippen LogP contribution in [0.2, 0.25) is 0 Å². The molecule has 2 aromatic rings. The summed E-state index contributed by atoms with van der Waals surface area (Å²) < 4.78 is 17.9. The summed E-state index contributed by atoms with van der Waals surface area (Å²) in [5, 5.41) is 8.97. The number of thiophene rings is 1. The molecule has 0 spiro atoms. The Balaban J connectivity index is 2.18. The zero-order valence-corrected chi connectivity index (χ0v) is 14.8. The van der Waals surface area contributed by atoms with Gasteiger partial charge in [0.05, 0.1) is 6.61 Å². The standard InChI is InChI=1S/C19H17FO5S/c1-2-25-19(24)15(11-14-8-10-17(26-14)18(22)23)16(21)9-5-12-3-6-13(20)7-4-12/h3-4,6-8,10-11H,2,5,9H2,1H3,(H,22,23)/b15-11+. The minimum absolute atomic E-state index is 0.0491. The third-order valence-corrected chi connectivity index (χ3v) is 4.49. The number of esters is 1. The first kappa shape index (κ1) is 19.5. The van der Waals surface area contributed by atoms with Crippen molar-refractivity contribution in [3.63, 3.8) is 0 Å². The van der Waals surface area contributed by atoms with Crippen molar-refractivity contribution in [1.82, 2.24) is 0 Å². The molecule has 2 rings (SSSR count). The summed E-state index contributed by atoms with van der Waals surface area (Å²) in [4.78, 5) is 36.1. The lowest BCUT2D eigenvalue weighted by Gasteiger charge is -2.06. The second-order valence-electron chi connectivity index (χ2n) is 5.34. The highest BCUT2D eigenvalue weighted by molar-refractivity contribution is 7.14. The summed E-state index contributed by atoms with van der Waals surface area (Å²) in [7, 11) is 0. The highest BCUT2D eigenvalue weighted by Crippen LogP contribution is 2.21. The minimum Gasteiger partial charge on any atom is -0.477 e. The molecule has 136 valence electrons. The van der Waals surface area contributed by atoms with Crippen molar-refractivity contribution in [2.45, 2.75) is 19.8 Å². The van der Waals surface area contributed by atoms with Gasteiger partial charge in [-0.1, -0.05) is 12.1 Å². The quantitative estimate of drug-likeness (QED) is 0.329. The second kappa shape index (κ2) is 9.05. The van der Waals surface area contributed by atoms with Gasteiger partial charge in [0.15, 0.2) is 5.78 Å². The highest BCUT2D eigenvalue weighted by atomic mass is 32.1. The largest absolute Gasteiger partial charge is 0.477 e. The van der Waals surface area contributed by atoms with Crippen LogP contribution in [0.4, 0.5) is 4.39 Å². The Bertz CT molecular complexity index is 836. The Kier molecular flexibility index (Phi) is 6.80. The number of rotatable bonds is 8. The molecule has 1 N–H and O–H groups in total. The van der Waals surface area contributed by atoms with Crippen LogP contribution in [0.5, 0.6) is 0 Å². The lowest BCUT2D eigenvalue weighted by molar-refractivity contribution is -0.139. The number of ether oxygens (including phenoxy) is 1. The van der Waals surface area contributed by atoms with Crippen molar-refractivity contribution in [2.24, 2.45) is 0 Å². The van der Waals surface area contributed by atoms with Gasteiger partial charge in [0.25, 0.3) is 0 Å². The topological polar surface area (TPSA) is 80.7 Å². The molecule has 0 atom stereocenters. The molecule has 0 amide bonds. The summed E-state index contributed by atoms with van der Waals surface area (Å²) >= 11 is 0.961. The lowest BCUT2D eigenvalue weighted by Crippen LogP contribution is -2.16. The number of carbonyl (C=O) groups is 3. The van der Waals surface area contributed by atoms with E-state index >= 15 is 0 Å². The fraction of sp³-hybridized carbons (Fsp3) is 0.211. The molecule has 0 aliphatic rings. The van der Waals surface area contributed by atoms with Gasteiger partial charge in [-0.2, -0.15) is 0 Å². The van der Waals surface area contributed by atoms with Gasteiger partial charge in [-0.25, -0.2) is 14.0 Å². The van der Waals surface area contributed by atoms with Crippen LogP contribution < -0.4 is 0 Å². The number of ketones is 1. The number of carboxylic acids is 1. The monoisotopic (exact) mass is 376 g/mol. The van der Waals surface area contributed by atoms with Crippen molar-refractivity contribution in [3.8, 4) is 0 Å². The van der Waals surface area contributed by atoms with Gasteiger partial charge in [0, 0.05) is 11.3 Å². The Morgan fingerprint density at radius 3 is 2.42 bits per heavy atom. The number of Topliss-reactive ketones (excluding diaryl/α,β-unsaturated/α-hetero) is 1. The average molecular weight is 376 g/mol. The van der Waals surface area contributed by atoms with E-state index in [1.165, 1.54) is 30.3 Å². The van der Waals surface area contributed by atoms with Gasteiger partial charge in [-0.15, -0.1) is 11.3 Å². The molecule has 26 heavy (non-hydrogen) atoms. The van der Waals surface area contributed by atoms with Crippen molar-refractivity contribution >= 4 is 35.1 Å². The van der Waals surface area contributed by atoms with Gasteiger partial charge >= 0.3 is 11.9 Å². The van der Waals surface area contributed by atoms with E-state index in [-0.39, 0.29) is 29.3 Å². The zero-order chi connectivity index (χ0) is 19.1. The van der Waals surface area contributed by atoms with Crippen molar-refractivity contribution in [1.29, 1.82) is 0 Å². The summed E-state index contributed by atoms with van der Waals surface area (Å²) in [5.74, 6) is -2.60. The van der Waals surface area contributed by atoms with Crippen LogP contribution in [-0.4, -0.2) is 29.4 Å². The van der Waals surface area contributed by atoms with E-state index in [1.54, 1.807) is 19.1 Å². The number of carbonyl (C=O) groups excluding carboxylic acids is 2. The van der Waals surface area contributed by atoms with Crippen LogP contribution in [0.15, 0.2) is 42.0 Å². The molecular formula is C19H17FO5S. The first-order chi connectivity index (χ1) is 12.4. The van der Waals surface area contributed by atoms with Crippen LogP contribution in [0.1, 0.15) is 33.5 Å². The van der Waals surface area contributed by atoms with E-state index in [4.69, 9.17) is 9.84 Å². The fourth-order valence-corrected chi connectivity index (χ4v) is 2.98. The van der Waals surface area contributed by atoms with Gasteiger partial charge < -0.3 is 9.84 Å². The Labute approximate surface area is 153 Å². The maximum absolute atomic E-state index is 12.9. The second-order valence-corrected chi connectivity index (χ2v) is 6.45. The molecule has 0 radical (unpaired) electrons. The van der Waals surface area contributed by atoms with E-state index in [0.717, 1.165) is 16.9 Å². The number of benzene rings is 1. The number of hydrogen-bond donors (Lipinski definition) is 1. The van der Waals surface area contributed by atoms with Gasteiger partial charge in [0.1, 0.15) is 16.3 Å². The average Bonchev–Trinajstić information content (AvgIpc) is 3.08. The van der Waals surface area contributed by atoms with Crippen LogP contribution in [-0.2, 0) is 20.7 Å². The number of aryl methyl sites for hydroxylation is 1. The van der Waals surface area contributed by atoms with E-state index < -0.39 is 17.7 Å². The van der Waals surface area contributed by atoms with Crippen LogP contribution in [0.3, 0.4) is 0 Å². The third kappa shape index (κ3) is 5.35. The summed E-state index contributed by atoms with van der Waals surface area (Å²) in [6.07, 6.45) is 1.75. The number of aromatic carboxylic acids is 1. The minimum atomic E-state index is -1.07. The van der Waals surface area contributed by atoms with Crippen molar-refractivity contribution < 1.29 is 28.6 Å². The van der Waals surface area contributed by atoms with E-state index in [0.29, 0.717) is 11.3 Å². The summed E-state index contributed by atoms with van der Waals surface area (Å²) in [6.45, 7) is 1.75. The predicted octanol–water partition coefficient (Wildman–Crippen LogP) is 3.73. The van der Waals surface area contributed by atoms with Crippen LogP contribution in [0.25, 0.3) is 6.08 Å². The molecule has 1 aromatic heterocycles. The van der Waals surface area contributed by atoms with E-state index in [9.17, 15) is 18.8 Å². The molecular weight excluding hydrogens is 359 g/mol. The molecule has 0 saturated carbocycles. The summed E-state index contributed by atoms with van der Waals surface area (Å²) in [5.41, 5.74) is 0.639. The summed E-state index contributed by atoms with van der Waals surface area (Å²) in [6, 6.07) is 8.71. The van der Waals surface area contributed by atoms with Gasteiger partial charge in [-0.3, -0.25) is 4.79 Å². The van der Waals surface area contributed by atoms with Crippen LogP contribution in [0, 0.1) is 5.82 Å². The molecule has 7 heteroatoms. The maximum atomic E-state index is 12.9. The number of hydrogen-bond acceptors (Lipinski definition) is 5. The molecule has 0 aliphatic heterocycles. The Hall–Kier alpha value is -2.80. The molecule has 1 heterocycles. The predicted molar refractivity (Wildman–Crippen MR) is 95.6 cm³/mol. The van der Waals surface area contributed by atoms with Gasteiger partial charge in [-0.05, 0) is 49.2 Å². The Morgan fingerprint density at radius 1 is 1.15 bits per heavy atom. The first-order valence-corrected chi connectivity index (χ1v) is 8.72. The van der Waals surface area contributed by atoms with Crippen molar-refractivity contribution in [2.75, 3.05) is 6.61 Å². The van der Waals surface area contributed by atoms with E-state index in [1.807, 2.05) is 0 Å². The first-order valence-electron chi connectivity index (χ1n) is 7.90. The molecule has 0 saturated heterocycles. The van der Waals surface area contributed by atoms with Crippen LogP contribution >= 0.6 is 11.3 Å². The SMILES string of the molecule is CCOC(=O)/C(=C/c1ccc(C(=O)O)s1)C(=O)CCc1ccc(F)cc1. The molecule has 0 bridgehead atoms. The van der Waals surface area contributed by atoms with Crippen molar-refractivity contribution in [3.05, 3.63) is 63.1 Å². The normalized spacial score (nSPS) is 11.2. The Morgan fingerprint density at radius 2 is 1.85 bits per heavy atom. The number of carboxylic acid groups (broad SMARTS) is 1. The molecule has 0 fully saturated rings. The lowest BCUT2D eigenvalue weighted by atomic mass is 10.0.